The number of rotatable bonds is 3. The zero-order valence-electron chi connectivity index (χ0n) is 15.4. The third-order valence-corrected chi connectivity index (χ3v) is 4.41. The molecule has 0 atom stereocenters. The first-order chi connectivity index (χ1) is 12.5. The first-order valence-corrected chi connectivity index (χ1v) is 8.66. The van der Waals surface area contributed by atoms with Crippen LogP contribution in [0, 0.1) is 27.7 Å². The summed E-state index contributed by atoms with van der Waals surface area (Å²) < 4.78 is 1.85. The molecule has 0 aliphatic carbocycles. The Kier molecular flexibility index (Phi) is 3.92. The predicted molar refractivity (Wildman–Crippen MR) is 105 cm³/mol. The minimum atomic E-state index is 0.698. The van der Waals surface area contributed by atoms with Gasteiger partial charge in [0.1, 0.15) is 0 Å². The van der Waals surface area contributed by atoms with E-state index >= 15 is 0 Å². The van der Waals surface area contributed by atoms with Crippen LogP contribution in [0.25, 0.3) is 16.9 Å². The summed E-state index contributed by atoms with van der Waals surface area (Å²) in [7, 11) is 0. The van der Waals surface area contributed by atoms with Gasteiger partial charge < -0.3 is 5.32 Å². The van der Waals surface area contributed by atoms with E-state index in [1.165, 1.54) is 5.56 Å². The van der Waals surface area contributed by atoms with Crippen molar-refractivity contribution in [2.24, 2.45) is 0 Å². The smallest absolute Gasteiger partial charge is 0.197 e. The summed E-state index contributed by atoms with van der Waals surface area (Å²) in [4.78, 5) is 9.68. The molecule has 0 unspecified atom stereocenters. The molecule has 0 aliphatic rings. The van der Waals surface area contributed by atoms with E-state index < -0.39 is 0 Å². The maximum atomic E-state index is 4.84. The van der Waals surface area contributed by atoms with Crippen LogP contribution in [0.2, 0.25) is 0 Å². The van der Waals surface area contributed by atoms with Crippen molar-refractivity contribution in [2.75, 3.05) is 5.32 Å². The van der Waals surface area contributed by atoms with Crippen LogP contribution >= 0.6 is 0 Å². The number of benzene rings is 2. The van der Waals surface area contributed by atoms with Crippen molar-refractivity contribution < 1.29 is 0 Å². The van der Waals surface area contributed by atoms with Crippen LogP contribution in [0.3, 0.4) is 0 Å². The summed E-state index contributed by atoms with van der Waals surface area (Å²) in [5.41, 5.74) is 7.06. The minimum Gasteiger partial charge on any atom is -0.337 e. The molecule has 0 saturated heterocycles. The Balaban J connectivity index is 1.93. The molecule has 4 aromatic rings. The monoisotopic (exact) mass is 343 g/mol. The minimum absolute atomic E-state index is 0.698. The summed E-state index contributed by atoms with van der Waals surface area (Å²) in [6.45, 7) is 8.17. The lowest BCUT2D eigenvalue weighted by Gasteiger charge is -2.15. The Morgan fingerprint density at radius 3 is 2.27 bits per heavy atom. The SMILES string of the molecule is Cc1ccc(C)c(Nc2nc3ccccc3nc2-n2nc(C)cc2C)c1. The first kappa shape index (κ1) is 16.3. The molecule has 130 valence electrons. The third kappa shape index (κ3) is 2.92. The molecular formula is C21H21N5. The van der Waals surface area contributed by atoms with E-state index in [0.717, 1.165) is 33.7 Å². The van der Waals surface area contributed by atoms with E-state index in [4.69, 9.17) is 9.97 Å². The normalized spacial score (nSPS) is 11.1. The Hall–Kier alpha value is -3.21. The van der Waals surface area contributed by atoms with Crippen LogP contribution in [0.5, 0.6) is 0 Å². The van der Waals surface area contributed by atoms with Crippen molar-refractivity contribution in [3.8, 4) is 5.82 Å². The molecule has 0 fully saturated rings. The van der Waals surface area contributed by atoms with Gasteiger partial charge in [-0.3, -0.25) is 0 Å². The number of para-hydroxylation sites is 2. The molecule has 0 saturated carbocycles. The second kappa shape index (κ2) is 6.26. The van der Waals surface area contributed by atoms with E-state index in [9.17, 15) is 0 Å². The third-order valence-electron chi connectivity index (χ3n) is 4.41. The molecule has 0 aliphatic heterocycles. The zero-order chi connectivity index (χ0) is 18.3. The topological polar surface area (TPSA) is 55.6 Å². The van der Waals surface area contributed by atoms with E-state index in [0.29, 0.717) is 11.6 Å². The van der Waals surface area contributed by atoms with Gasteiger partial charge in [0.25, 0.3) is 0 Å². The van der Waals surface area contributed by atoms with E-state index in [1.54, 1.807) is 0 Å². The maximum Gasteiger partial charge on any atom is 0.197 e. The van der Waals surface area contributed by atoms with Crippen LogP contribution in [-0.4, -0.2) is 19.7 Å². The molecule has 0 radical (unpaired) electrons. The summed E-state index contributed by atoms with van der Waals surface area (Å²) in [5.74, 6) is 1.40. The maximum absolute atomic E-state index is 4.84. The van der Waals surface area contributed by atoms with Gasteiger partial charge in [0, 0.05) is 11.4 Å². The number of fused-ring (bicyclic) bond motifs is 1. The molecular weight excluding hydrogens is 322 g/mol. The summed E-state index contributed by atoms with van der Waals surface area (Å²) in [6, 6.07) is 16.3. The van der Waals surface area contributed by atoms with Gasteiger partial charge in [-0.2, -0.15) is 5.10 Å². The van der Waals surface area contributed by atoms with Gasteiger partial charge in [0.2, 0.25) is 0 Å². The number of hydrogen-bond donors (Lipinski definition) is 1. The molecule has 2 heterocycles. The number of nitrogens with zero attached hydrogens (tertiary/aromatic N) is 4. The Labute approximate surface area is 152 Å². The molecule has 4 rings (SSSR count). The first-order valence-electron chi connectivity index (χ1n) is 8.66. The lowest BCUT2D eigenvalue weighted by Crippen LogP contribution is -2.09. The fraction of sp³-hybridized carbons (Fsp3) is 0.190. The molecule has 5 heteroatoms. The number of hydrogen-bond acceptors (Lipinski definition) is 4. The number of anilines is 2. The van der Waals surface area contributed by atoms with Crippen LogP contribution in [0.4, 0.5) is 11.5 Å². The van der Waals surface area contributed by atoms with E-state index in [2.05, 4.69) is 42.5 Å². The zero-order valence-corrected chi connectivity index (χ0v) is 15.4. The number of aromatic nitrogens is 4. The average molecular weight is 343 g/mol. The second-order valence-electron chi connectivity index (χ2n) is 6.67. The molecule has 2 aromatic carbocycles. The highest BCUT2D eigenvalue weighted by molar-refractivity contribution is 5.80. The quantitative estimate of drug-likeness (QED) is 0.581. The summed E-state index contributed by atoms with van der Waals surface area (Å²) in [6.07, 6.45) is 0. The highest BCUT2D eigenvalue weighted by Gasteiger charge is 2.15. The van der Waals surface area contributed by atoms with Gasteiger partial charge in [-0.05, 0) is 63.1 Å². The predicted octanol–water partition coefficient (Wildman–Crippen LogP) is 4.79. The van der Waals surface area contributed by atoms with Crippen molar-refractivity contribution in [3.05, 3.63) is 71.0 Å². The lowest BCUT2D eigenvalue weighted by atomic mass is 10.1. The van der Waals surface area contributed by atoms with Gasteiger partial charge in [-0.25, -0.2) is 14.6 Å². The van der Waals surface area contributed by atoms with Gasteiger partial charge in [-0.1, -0.05) is 24.3 Å². The van der Waals surface area contributed by atoms with Gasteiger partial charge in [0.05, 0.1) is 16.7 Å². The molecule has 5 nitrogen and oxygen atoms in total. The van der Waals surface area contributed by atoms with Crippen molar-refractivity contribution in [3.63, 3.8) is 0 Å². The van der Waals surface area contributed by atoms with Crippen LogP contribution in [0.15, 0.2) is 48.5 Å². The Morgan fingerprint density at radius 1 is 0.846 bits per heavy atom. The van der Waals surface area contributed by atoms with Crippen LogP contribution < -0.4 is 5.32 Å². The van der Waals surface area contributed by atoms with Crippen molar-refractivity contribution in [1.82, 2.24) is 19.7 Å². The van der Waals surface area contributed by atoms with Crippen molar-refractivity contribution >= 4 is 22.5 Å². The molecule has 0 bridgehead atoms. The van der Waals surface area contributed by atoms with Crippen LogP contribution in [0.1, 0.15) is 22.5 Å². The molecule has 2 aromatic heterocycles. The summed E-state index contributed by atoms with van der Waals surface area (Å²) >= 11 is 0. The Bertz CT molecular complexity index is 1110. The fourth-order valence-electron chi connectivity index (χ4n) is 3.06. The fourth-order valence-corrected chi connectivity index (χ4v) is 3.06. The standard InChI is InChI=1S/C21H21N5/c1-13-9-10-14(2)19(11-13)23-20-21(26-16(4)12-15(3)25-26)24-18-8-6-5-7-17(18)22-20/h5-12H,1-4H3,(H,22,23). The van der Waals surface area contributed by atoms with Gasteiger partial charge >= 0.3 is 0 Å². The highest BCUT2D eigenvalue weighted by atomic mass is 15.3. The van der Waals surface area contributed by atoms with E-state index in [-0.39, 0.29) is 0 Å². The number of aryl methyl sites for hydroxylation is 4. The highest BCUT2D eigenvalue weighted by Crippen LogP contribution is 2.27. The molecule has 0 spiro atoms. The molecule has 0 amide bonds. The molecule has 1 N–H and O–H groups in total. The lowest BCUT2D eigenvalue weighted by molar-refractivity contribution is 0.808. The van der Waals surface area contributed by atoms with Gasteiger partial charge in [0.15, 0.2) is 11.6 Å². The average Bonchev–Trinajstić information content (AvgIpc) is 2.95. The largest absolute Gasteiger partial charge is 0.337 e. The van der Waals surface area contributed by atoms with E-state index in [1.807, 2.05) is 48.9 Å². The second-order valence-corrected chi connectivity index (χ2v) is 6.67. The Morgan fingerprint density at radius 2 is 1.58 bits per heavy atom. The van der Waals surface area contributed by atoms with Crippen molar-refractivity contribution in [2.45, 2.75) is 27.7 Å². The van der Waals surface area contributed by atoms with Crippen LogP contribution in [-0.2, 0) is 0 Å². The molecule has 26 heavy (non-hydrogen) atoms. The number of nitrogens with one attached hydrogen (secondary N) is 1. The van der Waals surface area contributed by atoms with Crippen molar-refractivity contribution in [1.29, 1.82) is 0 Å². The van der Waals surface area contributed by atoms with Gasteiger partial charge in [-0.15, -0.1) is 0 Å². The summed E-state index contributed by atoms with van der Waals surface area (Å²) in [5, 5.41) is 8.08.